The molecule has 30 heavy (non-hydrogen) atoms. The van der Waals surface area contributed by atoms with Crippen LogP contribution in [0.1, 0.15) is 27.9 Å². The number of nitrogens with two attached hydrogens (primary N) is 1. The van der Waals surface area contributed by atoms with Crippen molar-refractivity contribution < 1.29 is 9.32 Å². The van der Waals surface area contributed by atoms with E-state index in [1.54, 1.807) is 12.1 Å². The van der Waals surface area contributed by atoms with Crippen LogP contribution in [-0.2, 0) is 13.0 Å². The van der Waals surface area contributed by atoms with Crippen molar-refractivity contribution in [2.75, 3.05) is 17.2 Å². The van der Waals surface area contributed by atoms with E-state index in [1.807, 2.05) is 24.3 Å². The molecule has 5 rings (SSSR count). The number of nitrogens with zero attached hydrogens (tertiary/aromatic N) is 3. The highest BCUT2D eigenvalue weighted by atomic mass is 16.5. The predicted octanol–water partition coefficient (Wildman–Crippen LogP) is 3.35. The van der Waals surface area contributed by atoms with Crippen molar-refractivity contribution in [1.82, 2.24) is 15.1 Å². The molecule has 0 unspecified atom stereocenters. The van der Waals surface area contributed by atoms with Gasteiger partial charge in [0, 0.05) is 18.7 Å². The minimum Gasteiger partial charge on any atom is -0.370 e. The lowest BCUT2D eigenvalue weighted by Crippen LogP contribution is -2.17. The molecule has 0 aliphatic carbocycles. The molecule has 4 N–H and O–H groups in total. The van der Waals surface area contributed by atoms with Crippen LogP contribution in [0.25, 0.3) is 22.5 Å². The van der Waals surface area contributed by atoms with Crippen molar-refractivity contribution in [1.29, 1.82) is 0 Å². The van der Waals surface area contributed by atoms with Gasteiger partial charge < -0.3 is 20.9 Å². The molecule has 3 heterocycles. The smallest absolute Gasteiger partial charge is 0.252 e. The zero-order chi connectivity index (χ0) is 20.5. The lowest BCUT2D eigenvalue weighted by atomic mass is 10.1. The molecule has 1 aliphatic heterocycles. The summed E-state index contributed by atoms with van der Waals surface area (Å²) in [6.07, 6.45) is 1.91. The number of carbonyl (C=O) groups excluding carboxylic acids is 1. The summed E-state index contributed by atoms with van der Waals surface area (Å²) < 4.78 is 5.44. The summed E-state index contributed by atoms with van der Waals surface area (Å²) >= 11 is 0. The van der Waals surface area contributed by atoms with Crippen LogP contribution in [0.4, 0.5) is 11.6 Å². The molecule has 1 amide bonds. The Kier molecular flexibility index (Phi) is 4.51. The Hall–Kier alpha value is -3.94. The molecule has 0 saturated carbocycles. The van der Waals surface area contributed by atoms with Gasteiger partial charge in [-0.25, -0.2) is 9.97 Å². The standard InChI is InChI=1S/C22H20N6O2/c23-19(29)15-9-4-8-14-17(28-30-18(14)15)22-26-20-16(10-5-11-24-20)21(27-22)25-12-13-6-2-1-3-7-13/h1-4,6-9H,5,10-12H2,(H2,23,29)(H2,24,25,26,27). The monoisotopic (exact) mass is 400 g/mol. The number of primary amides is 1. The van der Waals surface area contributed by atoms with E-state index < -0.39 is 5.91 Å². The summed E-state index contributed by atoms with van der Waals surface area (Å²) in [5.41, 5.74) is 8.78. The number of amides is 1. The van der Waals surface area contributed by atoms with Crippen LogP contribution in [0.3, 0.4) is 0 Å². The third-order valence-corrected chi connectivity index (χ3v) is 5.18. The van der Waals surface area contributed by atoms with Gasteiger partial charge in [0.1, 0.15) is 11.6 Å². The van der Waals surface area contributed by atoms with E-state index in [-0.39, 0.29) is 5.56 Å². The first-order valence-electron chi connectivity index (χ1n) is 9.82. The molecular weight excluding hydrogens is 380 g/mol. The highest BCUT2D eigenvalue weighted by Crippen LogP contribution is 2.33. The summed E-state index contributed by atoms with van der Waals surface area (Å²) in [6, 6.07) is 15.3. The van der Waals surface area contributed by atoms with Gasteiger partial charge in [0.25, 0.3) is 5.91 Å². The van der Waals surface area contributed by atoms with Crippen molar-refractivity contribution in [2.24, 2.45) is 5.73 Å². The fraction of sp³-hybridized carbons (Fsp3) is 0.182. The lowest BCUT2D eigenvalue weighted by molar-refractivity contribution is 0.100. The normalized spacial score (nSPS) is 12.9. The average Bonchev–Trinajstić information content (AvgIpc) is 3.22. The summed E-state index contributed by atoms with van der Waals surface area (Å²) in [7, 11) is 0. The average molecular weight is 400 g/mol. The molecule has 0 bridgehead atoms. The van der Waals surface area contributed by atoms with Crippen molar-refractivity contribution in [3.05, 3.63) is 65.2 Å². The number of benzene rings is 2. The lowest BCUT2D eigenvalue weighted by Gasteiger charge is -2.21. The summed E-state index contributed by atoms with van der Waals surface area (Å²) in [6.45, 7) is 1.50. The van der Waals surface area contributed by atoms with Crippen LogP contribution in [0.5, 0.6) is 0 Å². The van der Waals surface area contributed by atoms with Crippen molar-refractivity contribution in [3.63, 3.8) is 0 Å². The number of hydrogen-bond acceptors (Lipinski definition) is 7. The molecular formula is C22H20N6O2. The highest BCUT2D eigenvalue weighted by Gasteiger charge is 2.22. The Labute approximate surface area is 172 Å². The van der Waals surface area contributed by atoms with Gasteiger partial charge in [0.05, 0.1) is 10.9 Å². The summed E-state index contributed by atoms with van der Waals surface area (Å²) in [4.78, 5) is 21.2. The SMILES string of the molecule is NC(=O)c1cccc2c(-c3nc4c(c(NCc5ccccc5)n3)CCCN4)noc12. The van der Waals surface area contributed by atoms with Gasteiger partial charge >= 0.3 is 0 Å². The Morgan fingerprint density at radius 1 is 1.13 bits per heavy atom. The van der Waals surface area contributed by atoms with Crippen molar-refractivity contribution >= 4 is 28.5 Å². The van der Waals surface area contributed by atoms with E-state index in [1.165, 1.54) is 0 Å². The number of nitrogens with one attached hydrogen (secondary N) is 2. The third-order valence-electron chi connectivity index (χ3n) is 5.18. The second-order valence-electron chi connectivity index (χ2n) is 7.17. The molecule has 2 aromatic heterocycles. The molecule has 8 nitrogen and oxygen atoms in total. The van der Waals surface area contributed by atoms with E-state index in [0.29, 0.717) is 29.0 Å². The van der Waals surface area contributed by atoms with Gasteiger partial charge in [-0.1, -0.05) is 41.6 Å². The number of rotatable bonds is 5. The number of para-hydroxylation sites is 1. The molecule has 0 saturated heterocycles. The summed E-state index contributed by atoms with van der Waals surface area (Å²) in [5.74, 6) is 1.43. The Balaban J connectivity index is 1.58. The first kappa shape index (κ1) is 18.1. The van der Waals surface area contributed by atoms with E-state index in [9.17, 15) is 4.79 Å². The van der Waals surface area contributed by atoms with Gasteiger partial charge in [0.2, 0.25) is 0 Å². The van der Waals surface area contributed by atoms with E-state index >= 15 is 0 Å². The maximum atomic E-state index is 11.7. The van der Waals surface area contributed by atoms with Gasteiger partial charge in [-0.15, -0.1) is 0 Å². The quantitative estimate of drug-likeness (QED) is 0.470. The van der Waals surface area contributed by atoms with Crippen LogP contribution in [0, 0.1) is 0 Å². The Morgan fingerprint density at radius 2 is 2.00 bits per heavy atom. The second kappa shape index (κ2) is 7.47. The molecule has 0 atom stereocenters. The largest absolute Gasteiger partial charge is 0.370 e. The third kappa shape index (κ3) is 3.22. The minimum atomic E-state index is -0.568. The zero-order valence-corrected chi connectivity index (χ0v) is 16.2. The molecule has 0 spiro atoms. The van der Waals surface area contributed by atoms with Crippen molar-refractivity contribution in [2.45, 2.75) is 19.4 Å². The van der Waals surface area contributed by atoms with E-state index in [2.05, 4.69) is 27.9 Å². The fourth-order valence-electron chi connectivity index (χ4n) is 3.69. The molecule has 150 valence electrons. The molecule has 1 aliphatic rings. The maximum Gasteiger partial charge on any atom is 0.252 e. The van der Waals surface area contributed by atoms with Crippen LogP contribution in [0.15, 0.2) is 53.1 Å². The van der Waals surface area contributed by atoms with Gasteiger partial charge in [0.15, 0.2) is 17.1 Å². The number of anilines is 2. The first-order chi connectivity index (χ1) is 14.7. The van der Waals surface area contributed by atoms with Crippen molar-refractivity contribution in [3.8, 4) is 11.5 Å². The number of aromatic nitrogens is 3. The van der Waals surface area contributed by atoms with Crippen LogP contribution < -0.4 is 16.4 Å². The maximum absolute atomic E-state index is 11.7. The predicted molar refractivity (Wildman–Crippen MR) is 114 cm³/mol. The second-order valence-corrected chi connectivity index (χ2v) is 7.17. The number of hydrogen-bond donors (Lipinski definition) is 3. The minimum absolute atomic E-state index is 0.282. The molecule has 8 heteroatoms. The van der Waals surface area contributed by atoms with E-state index in [0.717, 1.165) is 42.1 Å². The highest BCUT2D eigenvalue weighted by molar-refractivity contribution is 6.06. The van der Waals surface area contributed by atoms with Gasteiger partial charge in [-0.05, 0) is 30.5 Å². The van der Waals surface area contributed by atoms with Crippen LogP contribution >= 0.6 is 0 Å². The fourth-order valence-corrected chi connectivity index (χ4v) is 3.69. The van der Waals surface area contributed by atoms with E-state index in [4.69, 9.17) is 20.2 Å². The zero-order valence-electron chi connectivity index (χ0n) is 16.2. The molecule has 0 fully saturated rings. The summed E-state index contributed by atoms with van der Waals surface area (Å²) in [5, 5.41) is 11.6. The first-order valence-corrected chi connectivity index (χ1v) is 9.82. The van der Waals surface area contributed by atoms with Gasteiger partial charge in [-0.3, -0.25) is 4.79 Å². The number of fused-ring (bicyclic) bond motifs is 2. The topological polar surface area (TPSA) is 119 Å². The number of carbonyl (C=O) groups is 1. The molecule has 0 radical (unpaired) electrons. The molecule has 2 aromatic carbocycles. The Bertz CT molecular complexity index is 1240. The van der Waals surface area contributed by atoms with Crippen LogP contribution in [-0.4, -0.2) is 27.6 Å². The van der Waals surface area contributed by atoms with Gasteiger partial charge in [-0.2, -0.15) is 0 Å². The molecule has 4 aromatic rings. The Morgan fingerprint density at radius 3 is 2.83 bits per heavy atom. The van der Waals surface area contributed by atoms with Crippen LogP contribution in [0.2, 0.25) is 0 Å².